The summed E-state index contributed by atoms with van der Waals surface area (Å²) in [4.78, 5) is 16.2. The molecule has 2 heterocycles. The third-order valence-electron chi connectivity index (χ3n) is 3.77. The predicted octanol–water partition coefficient (Wildman–Crippen LogP) is 3.92. The van der Waals surface area contributed by atoms with Gasteiger partial charge in [0, 0.05) is 11.3 Å². The Hall–Kier alpha value is -3.74. The first-order valence-corrected chi connectivity index (χ1v) is 7.81. The second-order valence-corrected chi connectivity index (χ2v) is 5.51. The van der Waals surface area contributed by atoms with E-state index in [1.807, 2.05) is 12.1 Å². The van der Waals surface area contributed by atoms with Gasteiger partial charge >= 0.3 is 0 Å². The molecule has 0 radical (unpaired) electrons. The molecule has 0 bridgehead atoms. The zero-order valence-electron chi connectivity index (χ0n) is 13.5. The van der Waals surface area contributed by atoms with Crippen molar-refractivity contribution in [1.82, 2.24) is 14.8 Å². The number of rotatable bonds is 4. The molecule has 26 heavy (non-hydrogen) atoms. The Bertz CT molecular complexity index is 1020. The molecule has 7 heteroatoms. The third-order valence-corrected chi connectivity index (χ3v) is 3.77. The van der Waals surface area contributed by atoms with Crippen molar-refractivity contribution >= 4 is 11.6 Å². The van der Waals surface area contributed by atoms with E-state index in [1.165, 1.54) is 18.5 Å². The summed E-state index contributed by atoms with van der Waals surface area (Å²) in [6.45, 7) is 0. The lowest BCUT2D eigenvalue weighted by molar-refractivity contribution is 0.0997. The average molecular weight is 348 g/mol. The van der Waals surface area contributed by atoms with Crippen LogP contribution in [0.4, 0.5) is 10.1 Å². The number of amides is 1. The molecule has 0 aliphatic rings. The van der Waals surface area contributed by atoms with Crippen LogP contribution >= 0.6 is 0 Å². The SMILES string of the molecule is O=C(Nc1ccc(-n2cncn2)cc1)c1ccc(-c2ccc(F)cc2)o1. The van der Waals surface area contributed by atoms with E-state index in [-0.39, 0.29) is 17.5 Å². The van der Waals surface area contributed by atoms with Gasteiger partial charge in [0.25, 0.3) is 5.91 Å². The first-order chi connectivity index (χ1) is 12.7. The summed E-state index contributed by atoms with van der Waals surface area (Å²) < 4.78 is 20.2. The van der Waals surface area contributed by atoms with Gasteiger partial charge in [0.15, 0.2) is 5.76 Å². The molecule has 0 fully saturated rings. The van der Waals surface area contributed by atoms with Gasteiger partial charge < -0.3 is 9.73 Å². The number of carbonyl (C=O) groups excluding carboxylic acids is 1. The highest BCUT2D eigenvalue weighted by molar-refractivity contribution is 6.02. The van der Waals surface area contributed by atoms with Crippen molar-refractivity contribution in [1.29, 1.82) is 0 Å². The number of furan rings is 1. The lowest BCUT2D eigenvalue weighted by Gasteiger charge is -2.05. The number of carbonyl (C=O) groups is 1. The van der Waals surface area contributed by atoms with Crippen LogP contribution in [0.15, 0.2) is 77.7 Å². The summed E-state index contributed by atoms with van der Waals surface area (Å²) in [5.74, 6) is -0.0270. The maximum atomic E-state index is 13.0. The summed E-state index contributed by atoms with van der Waals surface area (Å²) >= 11 is 0. The number of benzene rings is 2. The van der Waals surface area contributed by atoms with Crippen LogP contribution in [0.25, 0.3) is 17.0 Å². The molecule has 2 aromatic heterocycles. The van der Waals surface area contributed by atoms with Crippen LogP contribution in [-0.4, -0.2) is 20.7 Å². The Morgan fingerprint density at radius 3 is 2.46 bits per heavy atom. The molecule has 6 nitrogen and oxygen atoms in total. The Kier molecular flexibility index (Phi) is 4.03. The molecular formula is C19H13FN4O2. The molecule has 0 atom stereocenters. The Labute approximate surface area is 147 Å². The van der Waals surface area contributed by atoms with Gasteiger partial charge in [0.1, 0.15) is 24.2 Å². The predicted molar refractivity (Wildman–Crippen MR) is 93.4 cm³/mol. The first-order valence-electron chi connectivity index (χ1n) is 7.81. The van der Waals surface area contributed by atoms with Gasteiger partial charge in [0.05, 0.1) is 5.69 Å². The number of nitrogens with zero attached hydrogens (tertiary/aromatic N) is 3. The number of hydrogen-bond acceptors (Lipinski definition) is 4. The number of aromatic nitrogens is 3. The molecule has 0 aliphatic heterocycles. The van der Waals surface area contributed by atoms with E-state index < -0.39 is 0 Å². The van der Waals surface area contributed by atoms with Crippen molar-refractivity contribution in [2.24, 2.45) is 0 Å². The molecule has 0 aliphatic carbocycles. The van der Waals surface area contributed by atoms with Gasteiger partial charge in [-0.05, 0) is 60.7 Å². The van der Waals surface area contributed by atoms with Gasteiger partial charge in [0.2, 0.25) is 0 Å². The monoisotopic (exact) mass is 348 g/mol. The molecule has 1 amide bonds. The lowest BCUT2D eigenvalue weighted by Crippen LogP contribution is -2.10. The number of halogens is 1. The topological polar surface area (TPSA) is 73.0 Å². The van der Waals surface area contributed by atoms with Gasteiger partial charge in [-0.25, -0.2) is 14.1 Å². The second kappa shape index (κ2) is 6.64. The fraction of sp³-hybridized carbons (Fsp3) is 0. The van der Waals surface area contributed by atoms with E-state index in [4.69, 9.17) is 4.42 Å². The molecular weight excluding hydrogens is 335 g/mol. The minimum Gasteiger partial charge on any atom is -0.451 e. The fourth-order valence-electron chi connectivity index (χ4n) is 2.46. The van der Waals surface area contributed by atoms with Gasteiger partial charge in [-0.2, -0.15) is 5.10 Å². The maximum Gasteiger partial charge on any atom is 0.291 e. The van der Waals surface area contributed by atoms with E-state index in [2.05, 4.69) is 15.4 Å². The molecule has 0 spiro atoms. The molecule has 4 aromatic rings. The summed E-state index contributed by atoms with van der Waals surface area (Å²) in [5, 5.41) is 6.81. The second-order valence-electron chi connectivity index (χ2n) is 5.51. The van der Waals surface area contributed by atoms with Crippen LogP contribution in [0.2, 0.25) is 0 Å². The zero-order valence-corrected chi connectivity index (χ0v) is 13.5. The van der Waals surface area contributed by atoms with Crippen LogP contribution in [0, 0.1) is 5.82 Å². The van der Waals surface area contributed by atoms with Crippen LogP contribution in [-0.2, 0) is 0 Å². The van der Waals surface area contributed by atoms with Gasteiger partial charge in [-0.15, -0.1) is 0 Å². The van der Waals surface area contributed by atoms with Crippen molar-refractivity contribution in [3.8, 4) is 17.0 Å². The third kappa shape index (κ3) is 3.23. The normalized spacial score (nSPS) is 10.7. The van der Waals surface area contributed by atoms with Gasteiger partial charge in [-0.3, -0.25) is 4.79 Å². The summed E-state index contributed by atoms with van der Waals surface area (Å²) in [7, 11) is 0. The van der Waals surface area contributed by atoms with Crippen molar-refractivity contribution < 1.29 is 13.6 Å². The van der Waals surface area contributed by atoms with E-state index >= 15 is 0 Å². The Balaban J connectivity index is 1.47. The zero-order chi connectivity index (χ0) is 17.9. The van der Waals surface area contributed by atoms with Crippen LogP contribution in [0.5, 0.6) is 0 Å². The van der Waals surface area contributed by atoms with E-state index in [1.54, 1.807) is 47.4 Å². The van der Waals surface area contributed by atoms with E-state index in [0.29, 0.717) is 17.0 Å². The summed E-state index contributed by atoms with van der Waals surface area (Å²) in [6.07, 6.45) is 3.04. The molecule has 2 aromatic carbocycles. The molecule has 1 N–H and O–H groups in total. The van der Waals surface area contributed by atoms with E-state index in [0.717, 1.165) is 5.69 Å². The molecule has 0 unspecified atom stereocenters. The maximum absolute atomic E-state index is 13.0. The van der Waals surface area contributed by atoms with Crippen molar-refractivity contribution in [2.45, 2.75) is 0 Å². The smallest absolute Gasteiger partial charge is 0.291 e. The summed E-state index contributed by atoms with van der Waals surface area (Å²) in [5.41, 5.74) is 2.15. The fourth-order valence-corrected chi connectivity index (χ4v) is 2.46. The largest absolute Gasteiger partial charge is 0.451 e. The first kappa shape index (κ1) is 15.8. The number of hydrogen-bond donors (Lipinski definition) is 1. The highest BCUT2D eigenvalue weighted by Gasteiger charge is 2.13. The minimum absolute atomic E-state index is 0.171. The van der Waals surface area contributed by atoms with E-state index in [9.17, 15) is 9.18 Å². The minimum atomic E-state index is -0.369. The van der Waals surface area contributed by atoms with Crippen LogP contribution in [0.1, 0.15) is 10.6 Å². The number of anilines is 1. The van der Waals surface area contributed by atoms with Crippen LogP contribution < -0.4 is 5.32 Å². The van der Waals surface area contributed by atoms with Crippen LogP contribution in [0.3, 0.4) is 0 Å². The molecule has 4 rings (SSSR count). The quantitative estimate of drug-likeness (QED) is 0.607. The molecule has 128 valence electrons. The van der Waals surface area contributed by atoms with Crippen molar-refractivity contribution in [3.63, 3.8) is 0 Å². The Morgan fingerprint density at radius 2 is 1.77 bits per heavy atom. The lowest BCUT2D eigenvalue weighted by atomic mass is 10.2. The van der Waals surface area contributed by atoms with Crippen molar-refractivity contribution in [2.75, 3.05) is 5.32 Å². The average Bonchev–Trinajstić information content (AvgIpc) is 3.35. The molecule has 0 saturated carbocycles. The van der Waals surface area contributed by atoms with Gasteiger partial charge in [-0.1, -0.05) is 0 Å². The summed E-state index contributed by atoms with van der Waals surface area (Å²) in [6, 6.07) is 16.3. The Morgan fingerprint density at radius 1 is 1.00 bits per heavy atom. The number of nitrogens with one attached hydrogen (secondary N) is 1. The standard InChI is InChI=1S/C19H13FN4O2/c20-14-3-1-13(2-4-14)17-9-10-18(26-17)19(25)23-15-5-7-16(8-6-15)24-12-21-11-22-24/h1-12H,(H,23,25). The molecule has 0 saturated heterocycles. The van der Waals surface area contributed by atoms with Crippen molar-refractivity contribution in [3.05, 3.63) is 84.9 Å². The highest BCUT2D eigenvalue weighted by Crippen LogP contribution is 2.23. The highest BCUT2D eigenvalue weighted by atomic mass is 19.1.